The molecule has 0 bridgehead atoms. The number of carboxylic acids is 1. The number of aryl methyl sites for hydroxylation is 2. The molecule has 0 saturated heterocycles. The molecule has 0 radical (unpaired) electrons. The van der Waals surface area contributed by atoms with Gasteiger partial charge in [-0.2, -0.15) is 0 Å². The van der Waals surface area contributed by atoms with Crippen LogP contribution in [-0.4, -0.2) is 11.1 Å². The highest BCUT2D eigenvalue weighted by atomic mass is 35.5. The first kappa shape index (κ1) is 15.4. The van der Waals surface area contributed by atoms with Crippen molar-refractivity contribution in [3.63, 3.8) is 0 Å². The van der Waals surface area contributed by atoms with Crippen molar-refractivity contribution in [3.8, 4) is 0 Å². The second kappa shape index (κ2) is 5.78. The van der Waals surface area contributed by atoms with E-state index in [1.807, 2.05) is 44.2 Å². The molecule has 4 heteroatoms. The van der Waals surface area contributed by atoms with E-state index in [0.29, 0.717) is 10.7 Å². The van der Waals surface area contributed by atoms with Crippen molar-refractivity contribution in [2.75, 3.05) is 5.32 Å². The number of carbonyl (C=O) groups is 1. The molecule has 0 heterocycles. The maximum Gasteiger partial charge on any atom is 0.333 e. The number of aliphatic carboxylic acids is 1. The third-order valence-corrected chi connectivity index (χ3v) is 3.94. The lowest BCUT2D eigenvalue weighted by Crippen LogP contribution is -2.41. The second-order valence-electron chi connectivity index (χ2n) is 5.35. The molecule has 1 unspecified atom stereocenters. The molecule has 2 aromatic carbocycles. The predicted molar refractivity (Wildman–Crippen MR) is 86.0 cm³/mol. The van der Waals surface area contributed by atoms with Gasteiger partial charge in [-0.3, -0.25) is 0 Å². The van der Waals surface area contributed by atoms with Crippen LogP contribution in [0, 0.1) is 13.8 Å². The summed E-state index contributed by atoms with van der Waals surface area (Å²) in [5.41, 5.74) is 2.11. The van der Waals surface area contributed by atoms with Gasteiger partial charge in [0.2, 0.25) is 0 Å². The Morgan fingerprint density at radius 3 is 2.43 bits per heavy atom. The van der Waals surface area contributed by atoms with E-state index in [2.05, 4.69) is 5.32 Å². The van der Waals surface area contributed by atoms with Crippen LogP contribution in [0.3, 0.4) is 0 Å². The van der Waals surface area contributed by atoms with Gasteiger partial charge in [0, 0.05) is 0 Å². The van der Waals surface area contributed by atoms with Crippen molar-refractivity contribution < 1.29 is 9.90 Å². The predicted octanol–water partition coefficient (Wildman–Crippen LogP) is 4.37. The van der Waals surface area contributed by atoms with Crippen LogP contribution in [0.1, 0.15) is 23.6 Å². The van der Waals surface area contributed by atoms with E-state index in [9.17, 15) is 9.90 Å². The Bertz CT molecular complexity index is 684. The Morgan fingerprint density at radius 2 is 1.86 bits per heavy atom. The number of carboxylic acid groups (broad SMARTS) is 1. The Labute approximate surface area is 129 Å². The summed E-state index contributed by atoms with van der Waals surface area (Å²) in [5.74, 6) is -0.950. The SMILES string of the molecule is Cc1ccc(C(C)(Nc2ccccc2Cl)C(=O)O)c(C)c1. The van der Waals surface area contributed by atoms with Crippen molar-refractivity contribution in [1.29, 1.82) is 0 Å². The zero-order chi connectivity index (χ0) is 15.6. The first-order chi connectivity index (χ1) is 9.84. The van der Waals surface area contributed by atoms with Crippen molar-refractivity contribution >= 4 is 23.3 Å². The van der Waals surface area contributed by atoms with Crippen molar-refractivity contribution in [3.05, 3.63) is 64.2 Å². The highest BCUT2D eigenvalue weighted by Gasteiger charge is 2.36. The highest BCUT2D eigenvalue weighted by molar-refractivity contribution is 6.33. The molecule has 0 amide bonds. The average Bonchev–Trinajstić information content (AvgIpc) is 2.41. The maximum atomic E-state index is 11.9. The molecule has 0 saturated carbocycles. The second-order valence-corrected chi connectivity index (χ2v) is 5.76. The molecule has 110 valence electrons. The third kappa shape index (κ3) is 3.03. The third-order valence-electron chi connectivity index (χ3n) is 3.61. The summed E-state index contributed by atoms with van der Waals surface area (Å²) in [7, 11) is 0. The van der Waals surface area contributed by atoms with Crippen LogP contribution in [-0.2, 0) is 10.3 Å². The molecule has 3 nitrogen and oxygen atoms in total. The van der Waals surface area contributed by atoms with E-state index < -0.39 is 11.5 Å². The number of halogens is 1. The van der Waals surface area contributed by atoms with Gasteiger partial charge >= 0.3 is 5.97 Å². The fraction of sp³-hybridized carbons (Fsp3) is 0.235. The minimum atomic E-state index is -1.25. The number of benzene rings is 2. The fourth-order valence-corrected chi connectivity index (χ4v) is 2.63. The molecule has 21 heavy (non-hydrogen) atoms. The van der Waals surface area contributed by atoms with Crippen LogP contribution in [0.15, 0.2) is 42.5 Å². The highest BCUT2D eigenvalue weighted by Crippen LogP contribution is 2.32. The minimum Gasteiger partial charge on any atom is -0.479 e. The van der Waals surface area contributed by atoms with E-state index in [1.54, 1.807) is 19.1 Å². The molecule has 2 aromatic rings. The zero-order valence-corrected chi connectivity index (χ0v) is 13.0. The average molecular weight is 304 g/mol. The summed E-state index contributed by atoms with van der Waals surface area (Å²) < 4.78 is 0. The number of nitrogens with one attached hydrogen (secondary N) is 1. The fourth-order valence-electron chi connectivity index (χ4n) is 2.44. The summed E-state index contributed by atoms with van der Waals surface area (Å²) >= 11 is 6.13. The summed E-state index contributed by atoms with van der Waals surface area (Å²) in [6.07, 6.45) is 0. The van der Waals surface area contributed by atoms with Gasteiger partial charge in [0.25, 0.3) is 0 Å². The molecular formula is C17H18ClNO2. The van der Waals surface area contributed by atoms with E-state index in [1.165, 1.54) is 0 Å². The smallest absolute Gasteiger partial charge is 0.333 e. The largest absolute Gasteiger partial charge is 0.479 e. The van der Waals surface area contributed by atoms with E-state index in [4.69, 9.17) is 11.6 Å². The van der Waals surface area contributed by atoms with E-state index in [-0.39, 0.29) is 0 Å². The summed E-state index contributed by atoms with van der Waals surface area (Å²) in [5, 5.41) is 13.3. The molecule has 1 atom stereocenters. The zero-order valence-electron chi connectivity index (χ0n) is 12.3. The van der Waals surface area contributed by atoms with Gasteiger partial charge in [-0.05, 0) is 44.0 Å². The van der Waals surface area contributed by atoms with Gasteiger partial charge in [0.05, 0.1) is 10.7 Å². The van der Waals surface area contributed by atoms with Gasteiger partial charge in [0.15, 0.2) is 5.54 Å². The first-order valence-electron chi connectivity index (χ1n) is 6.68. The molecule has 0 aliphatic heterocycles. The van der Waals surface area contributed by atoms with Crippen LogP contribution in [0.5, 0.6) is 0 Å². The molecule has 0 spiro atoms. The minimum absolute atomic E-state index is 0.495. The summed E-state index contributed by atoms with van der Waals surface area (Å²) in [6, 6.07) is 12.9. The normalized spacial score (nSPS) is 13.5. The number of hydrogen-bond acceptors (Lipinski definition) is 2. The lowest BCUT2D eigenvalue weighted by atomic mass is 9.87. The molecule has 0 fully saturated rings. The molecule has 2 N–H and O–H groups in total. The standard InChI is InChI=1S/C17H18ClNO2/c1-11-8-9-13(12(2)10-11)17(3,16(20)21)19-15-7-5-4-6-14(15)18/h4-10,19H,1-3H3,(H,20,21). The number of anilines is 1. The molecule has 0 aliphatic rings. The van der Waals surface area contributed by atoms with Gasteiger partial charge in [-0.15, -0.1) is 0 Å². The van der Waals surface area contributed by atoms with Gasteiger partial charge < -0.3 is 10.4 Å². The lowest BCUT2D eigenvalue weighted by Gasteiger charge is -2.30. The monoisotopic (exact) mass is 303 g/mol. The van der Waals surface area contributed by atoms with Crippen LogP contribution < -0.4 is 5.32 Å². The summed E-state index contributed by atoms with van der Waals surface area (Å²) in [6.45, 7) is 5.55. The van der Waals surface area contributed by atoms with Gasteiger partial charge in [0.1, 0.15) is 0 Å². The Hall–Kier alpha value is -2.00. The quantitative estimate of drug-likeness (QED) is 0.882. The van der Waals surface area contributed by atoms with Crippen LogP contribution >= 0.6 is 11.6 Å². The van der Waals surface area contributed by atoms with E-state index in [0.717, 1.165) is 16.7 Å². The van der Waals surface area contributed by atoms with Crippen LogP contribution in [0.4, 0.5) is 5.69 Å². The maximum absolute atomic E-state index is 11.9. The van der Waals surface area contributed by atoms with Crippen LogP contribution in [0.2, 0.25) is 5.02 Å². The molecule has 2 rings (SSSR count). The molecule has 0 aliphatic carbocycles. The van der Waals surface area contributed by atoms with Crippen LogP contribution in [0.25, 0.3) is 0 Å². The molecular weight excluding hydrogens is 286 g/mol. The van der Waals surface area contributed by atoms with Crippen molar-refractivity contribution in [2.24, 2.45) is 0 Å². The Morgan fingerprint density at radius 1 is 1.19 bits per heavy atom. The number of hydrogen-bond donors (Lipinski definition) is 2. The van der Waals surface area contributed by atoms with Crippen molar-refractivity contribution in [2.45, 2.75) is 26.3 Å². The summed E-state index contributed by atoms with van der Waals surface area (Å²) in [4.78, 5) is 11.9. The van der Waals surface area contributed by atoms with Gasteiger partial charge in [-0.25, -0.2) is 4.79 Å². The van der Waals surface area contributed by atoms with Crippen molar-refractivity contribution in [1.82, 2.24) is 0 Å². The Balaban J connectivity index is 2.51. The lowest BCUT2D eigenvalue weighted by molar-refractivity contribution is -0.142. The topological polar surface area (TPSA) is 49.3 Å². The first-order valence-corrected chi connectivity index (χ1v) is 7.06. The Kier molecular flexibility index (Phi) is 4.24. The number of para-hydroxylation sites is 1. The van der Waals surface area contributed by atoms with Gasteiger partial charge in [-0.1, -0.05) is 47.5 Å². The van der Waals surface area contributed by atoms with E-state index >= 15 is 0 Å². The molecule has 0 aromatic heterocycles. The number of rotatable bonds is 4.